The molecule has 8 aromatic carbocycles. The second-order valence-electron chi connectivity index (χ2n) is 12.1. The molecule has 0 amide bonds. The van der Waals surface area contributed by atoms with Crippen LogP contribution in [0.2, 0.25) is 0 Å². The van der Waals surface area contributed by atoms with Crippen LogP contribution < -0.4 is 4.90 Å². The first-order valence-corrected chi connectivity index (χ1v) is 16.4. The summed E-state index contributed by atoms with van der Waals surface area (Å²) in [6.45, 7) is 0. The molecule has 0 radical (unpaired) electrons. The summed E-state index contributed by atoms with van der Waals surface area (Å²) in [5.74, 6) is 0. The number of fused-ring (bicyclic) bond motifs is 4. The fraction of sp³-hybridized carbons (Fsp3) is 0. The first kappa shape index (κ1) is 27.9. The third-order valence-corrected chi connectivity index (χ3v) is 9.28. The molecule has 0 aliphatic rings. The maximum atomic E-state index is 6.46. The van der Waals surface area contributed by atoms with Gasteiger partial charge in [0.15, 0.2) is 0 Å². The molecule has 0 aliphatic carbocycles. The van der Waals surface area contributed by atoms with Crippen LogP contribution in [0.15, 0.2) is 192 Å². The molecule has 2 heteroatoms. The average molecular weight is 614 g/mol. The number of para-hydroxylation sites is 1. The average Bonchev–Trinajstić information content (AvgIpc) is 3.55. The fourth-order valence-electron chi connectivity index (χ4n) is 7.17. The zero-order chi connectivity index (χ0) is 31.9. The van der Waals surface area contributed by atoms with E-state index in [0.29, 0.717) is 0 Å². The van der Waals surface area contributed by atoms with Gasteiger partial charge in [-0.1, -0.05) is 158 Å². The van der Waals surface area contributed by atoms with Crippen LogP contribution in [0.5, 0.6) is 0 Å². The number of nitrogens with zero attached hydrogens (tertiary/aromatic N) is 1. The van der Waals surface area contributed by atoms with Crippen molar-refractivity contribution in [2.75, 3.05) is 4.90 Å². The molecule has 48 heavy (non-hydrogen) atoms. The molecular formula is C46H31NO. The molecule has 226 valence electrons. The van der Waals surface area contributed by atoms with Crippen LogP contribution in [-0.4, -0.2) is 0 Å². The van der Waals surface area contributed by atoms with Gasteiger partial charge in [0.25, 0.3) is 0 Å². The van der Waals surface area contributed by atoms with Gasteiger partial charge in [-0.3, -0.25) is 0 Å². The number of furan rings is 1. The summed E-state index contributed by atoms with van der Waals surface area (Å²) in [5.41, 5.74) is 12.1. The van der Waals surface area contributed by atoms with Crippen LogP contribution in [0.25, 0.3) is 66.1 Å². The fourth-order valence-corrected chi connectivity index (χ4v) is 7.17. The van der Waals surface area contributed by atoms with Crippen LogP contribution in [0.4, 0.5) is 17.1 Å². The SMILES string of the molecule is c1ccc(-c2ccccc2-c2c(-c3ccccc3)cccc2N(c2cccc3ccccc23)c2cccc3oc4ccccc4c23)cc1. The minimum atomic E-state index is 0.865. The highest BCUT2D eigenvalue weighted by molar-refractivity contribution is 6.16. The number of hydrogen-bond acceptors (Lipinski definition) is 2. The summed E-state index contributed by atoms with van der Waals surface area (Å²) in [7, 11) is 0. The van der Waals surface area contributed by atoms with Crippen molar-refractivity contribution in [3.8, 4) is 33.4 Å². The first-order valence-electron chi connectivity index (χ1n) is 16.4. The van der Waals surface area contributed by atoms with Crippen molar-refractivity contribution in [3.05, 3.63) is 188 Å². The van der Waals surface area contributed by atoms with Gasteiger partial charge in [0.2, 0.25) is 0 Å². The molecule has 0 bridgehead atoms. The van der Waals surface area contributed by atoms with Gasteiger partial charge in [-0.15, -0.1) is 0 Å². The van der Waals surface area contributed by atoms with E-state index in [4.69, 9.17) is 4.42 Å². The van der Waals surface area contributed by atoms with Crippen molar-refractivity contribution >= 4 is 49.8 Å². The Morgan fingerprint density at radius 2 is 0.854 bits per heavy atom. The van der Waals surface area contributed by atoms with E-state index in [0.717, 1.165) is 39.0 Å². The van der Waals surface area contributed by atoms with Gasteiger partial charge >= 0.3 is 0 Å². The topological polar surface area (TPSA) is 16.4 Å². The highest BCUT2D eigenvalue weighted by Crippen LogP contribution is 2.51. The molecule has 0 unspecified atom stereocenters. The van der Waals surface area contributed by atoms with Crippen molar-refractivity contribution in [3.63, 3.8) is 0 Å². The molecule has 2 nitrogen and oxygen atoms in total. The lowest BCUT2D eigenvalue weighted by Gasteiger charge is -2.31. The molecule has 9 rings (SSSR count). The van der Waals surface area contributed by atoms with Crippen molar-refractivity contribution < 1.29 is 4.42 Å². The summed E-state index contributed by atoms with van der Waals surface area (Å²) in [6, 6.07) is 67.0. The van der Waals surface area contributed by atoms with Gasteiger partial charge in [0.05, 0.1) is 22.4 Å². The summed E-state index contributed by atoms with van der Waals surface area (Å²) in [5, 5.41) is 4.55. The maximum absolute atomic E-state index is 6.46. The summed E-state index contributed by atoms with van der Waals surface area (Å²) in [4.78, 5) is 2.45. The largest absolute Gasteiger partial charge is 0.456 e. The molecule has 1 aromatic heterocycles. The van der Waals surface area contributed by atoms with Crippen LogP contribution in [0.3, 0.4) is 0 Å². The van der Waals surface area contributed by atoms with Crippen molar-refractivity contribution in [1.82, 2.24) is 0 Å². The maximum Gasteiger partial charge on any atom is 0.137 e. The Kier molecular flexibility index (Phi) is 6.84. The van der Waals surface area contributed by atoms with Crippen molar-refractivity contribution in [2.45, 2.75) is 0 Å². The Labute approximate surface area is 279 Å². The van der Waals surface area contributed by atoms with Crippen molar-refractivity contribution in [1.29, 1.82) is 0 Å². The summed E-state index contributed by atoms with van der Waals surface area (Å²) < 4.78 is 6.46. The lowest BCUT2D eigenvalue weighted by atomic mass is 9.87. The normalized spacial score (nSPS) is 11.3. The Morgan fingerprint density at radius 1 is 0.333 bits per heavy atom. The Morgan fingerprint density at radius 3 is 1.67 bits per heavy atom. The standard InChI is InChI=1S/C46H31NO/c1-3-16-32(17-4-1)35-22-9-10-24-38(35)45-37(34-18-5-2-6-19-34)26-14-28-41(45)47(40-27-13-21-33-20-7-8-23-36(33)40)42-29-15-31-44-46(42)39-25-11-12-30-43(39)48-44/h1-31H. The molecular weight excluding hydrogens is 583 g/mol. The van der Waals surface area contributed by atoms with E-state index in [1.54, 1.807) is 0 Å². The molecule has 0 N–H and O–H groups in total. The zero-order valence-corrected chi connectivity index (χ0v) is 26.3. The van der Waals surface area contributed by atoms with Gasteiger partial charge in [0, 0.05) is 16.3 Å². The lowest BCUT2D eigenvalue weighted by Crippen LogP contribution is -2.13. The second kappa shape index (κ2) is 11.8. The van der Waals surface area contributed by atoms with Crippen LogP contribution in [-0.2, 0) is 0 Å². The number of benzene rings is 8. The van der Waals surface area contributed by atoms with Crippen LogP contribution in [0.1, 0.15) is 0 Å². The van der Waals surface area contributed by atoms with Crippen LogP contribution in [0, 0.1) is 0 Å². The Balaban J connectivity index is 1.44. The highest BCUT2D eigenvalue weighted by atomic mass is 16.3. The van der Waals surface area contributed by atoms with E-state index < -0.39 is 0 Å². The van der Waals surface area contributed by atoms with Crippen LogP contribution >= 0.6 is 0 Å². The number of rotatable bonds is 6. The summed E-state index contributed by atoms with van der Waals surface area (Å²) >= 11 is 0. The quantitative estimate of drug-likeness (QED) is 0.185. The molecule has 9 aromatic rings. The zero-order valence-electron chi connectivity index (χ0n) is 26.3. The van der Waals surface area contributed by atoms with E-state index in [9.17, 15) is 0 Å². The van der Waals surface area contributed by atoms with Gasteiger partial charge < -0.3 is 9.32 Å². The molecule has 0 atom stereocenters. The van der Waals surface area contributed by atoms with Gasteiger partial charge in [-0.2, -0.15) is 0 Å². The van der Waals surface area contributed by atoms with Gasteiger partial charge in [0.1, 0.15) is 11.2 Å². The minimum Gasteiger partial charge on any atom is -0.456 e. The van der Waals surface area contributed by atoms with E-state index >= 15 is 0 Å². The summed E-state index contributed by atoms with van der Waals surface area (Å²) in [6.07, 6.45) is 0. The first-order chi connectivity index (χ1) is 23.8. The minimum absolute atomic E-state index is 0.865. The van der Waals surface area contributed by atoms with Gasteiger partial charge in [-0.25, -0.2) is 0 Å². The second-order valence-corrected chi connectivity index (χ2v) is 12.1. The highest BCUT2D eigenvalue weighted by Gasteiger charge is 2.26. The predicted octanol–water partition coefficient (Wildman–Crippen LogP) is 13.2. The molecule has 0 aliphatic heterocycles. The molecule has 1 heterocycles. The molecule has 0 saturated carbocycles. The van der Waals surface area contributed by atoms with E-state index in [1.165, 1.54) is 44.2 Å². The third-order valence-electron chi connectivity index (χ3n) is 9.28. The molecule has 0 spiro atoms. The Hall–Kier alpha value is -6.38. The lowest BCUT2D eigenvalue weighted by molar-refractivity contribution is 0.669. The predicted molar refractivity (Wildman–Crippen MR) is 202 cm³/mol. The number of hydrogen-bond donors (Lipinski definition) is 0. The van der Waals surface area contributed by atoms with Gasteiger partial charge in [-0.05, 0) is 63.5 Å². The van der Waals surface area contributed by atoms with E-state index in [2.05, 4.69) is 187 Å². The Bertz CT molecular complexity index is 2560. The molecule has 0 fully saturated rings. The monoisotopic (exact) mass is 613 g/mol. The smallest absolute Gasteiger partial charge is 0.137 e. The van der Waals surface area contributed by atoms with E-state index in [-0.39, 0.29) is 0 Å². The third kappa shape index (κ3) is 4.66. The number of anilines is 3. The van der Waals surface area contributed by atoms with E-state index in [1.807, 2.05) is 6.07 Å². The molecule has 0 saturated heterocycles. The van der Waals surface area contributed by atoms with Crippen molar-refractivity contribution in [2.24, 2.45) is 0 Å².